The van der Waals surface area contributed by atoms with Gasteiger partial charge in [-0.05, 0) is 44.0 Å². The number of rotatable bonds is 4. The van der Waals surface area contributed by atoms with Gasteiger partial charge in [0.1, 0.15) is 11.8 Å². The molecule has 2 rings (SSSR count). The van der Waals surface area contributed by atoms with Gasteiger partial charge in [0.15, 0.2) is 0 Å². The third kappa shape index (κ3) is 3.14. The summed E-state index contributed by atoms with van der Waals surface area (Å²) in [5.41, 5.74) is 1.54. The van der Waals surface area contributed by atoms with Crippen LogP contribution < -0.4 is 15.4 Å². The summed E-state index contributed by atoms with van der Waals surface area (Å²) in [5.74, 6) is 1.46. The standard InChI is InChI=1S/C14H19N3O/c1-18-13-3-2-12(9-15)14(8-13)17-10-11-4-6-16-7-5-11/h2-3,8,11,16-17H,4-7,10H2,1H3. The quantitative estimate of drug-likeness (QED) is 0.851. The molecule has 4 heteroatoms. The molecular formula is C14H19N3O. The van der Waals surface area contributed by atoms with E-state index in [1.54, 1.807) is 13.2 Å². The molecule has 1 fully saturated rings. The van der Waals surface area contributed by atoms with E-state index in [4.69, 9.17) is 10.00 Å². The number of ether oxygens (including phenoxy) is 1. The van der Waals surface area contributed by atoms with Crippen LogP contribution in [-0.4, -0.2) is 26.7 Å². The number of methoxy groups -OCH3 is 1. The van der Waals surface area contributed by atoms with Crippen molar-refractivity contribution in [1.29, 1.82) is 5.26 Å². The first-order valence-corrected chi connectivity index (χ1v) is 6.36. The van der Waals surface area contributed by atoms with Gasteiger partial charge in [-0.1, -0.05) is 0 Å². The summed E-state index contributed by atoms with van der Waals surface area (Å²) in [6.07, 6.45) is 2.39. The van der Waals surface area contributed by atoms with Gasteiger partial charge in [-0.15, -0.1) is 0 Å². The molecule has 0 aliphatic carbocycles. The highest BCUT2D eigenvalue weighted by molar-refractivity contribution is 5.60. The smallest absolute Gasteiger partial charge is 0.121 e. The molecule has 1 aliphatic heterocycles. The molecule has 0 atom stereocenters. The van der Waals surface area contributed by atoms with E-state index in [0.717, 1.165) is 31.1 Å². The maximum atomic E-state index is 9.08. The van der Waals surface area contributed by atoms with Gasteiger partial charge in [-0.2, -0.15) is 5.26 Å². The second-order valence-corrected chi connectivity index (χ2v) is 4.60. The van der Waals surface area contributed by atoms with Crippen LogP contribution >= 0.6 is 0 Å². The number of anilines is 1. The maximum absolute atomic E-state index is 9.08. The van der Waals surface area contributed by atoms with Crippen LogP contribution in [0.4, 0.5) is 5.69 Å². The number of benzene rings is 1. The summed E-state index contributed by atoms with van der Waals surface area (Å²) in [6.45, 7) is 3.11. The first kappa shape index (κ1) is 12.7. The van der Waals surface area contributed by atoms with E-state index in [9.17, 15) is 0 Å². The van der Waals surface area contributed by atoms with Crippen molar-refractivity contribution in [3.63, 3.8) is 0 Å². The minimum absolute atomic E-state index is 0.671. The van der Waals surface area contributed by atoms with E-state index < -0.39 is 0 Å². The lowest BCUT2D eigenvalue weighted by Crippen LogP contribution is -2.31. The summed E-state index contributed by atoms with van der Waals surface area (Å²) >= 11 is 0. The summed E-state index contributed by atoms with van der Waals surface area (Å²) in [6, 6.07) is 7.70. The van der Waals surface area contributed by atoms with Crippen molar-refractivity contribution >= 4 is 5.69 Å². The highest BCUT2D eigenvalue weighted by Crippen LogP contribution is 2.23. The van der Waals surface area contributed by atoms with Crippen LogP contribution in [0.25, 0.3) is 0 Å². The number of hydrogen-bond acceptors (Lipinski definition) is 4. The molecule has 0 spiro atoms. The largest absolute Gasteiger partial charge is 0.497 e. The van der Waals surface area contributed by atoms with Crippen LogP contribution in [0.3, 0.4) is 0 Å². The van der Waals surface area contributed by atoms with Gasteiger partial charge in [-0.3, -0.25) is 0 Å². The number of hydrogen-bond donors (Lipinski definition) is 2. The predicted octanol–water partition coefficient (Wildman–Crippen LogP) is 1.98. The van der Waals surface area contributed by atoms with Crippen molar-refractivity contribution in [2.45, 2.75) is 12.8 Å². The zero-order chi connectivity index (χ0) is 12.8. The Kier molecular flexibility index (Phi) is 4.43. The molecule has 0 unspecified atom stereocenters. The third-order valence-corrected chi connectivity index (χ3v) is 3.39. The third-order valence-electron chi connectivity index (χ3n) is 3.39. The van der Waals surface area contributed by atoms with E-state index in [0.29, 0.717) is 11.5 Å². The topological polar surface area (TPSA) is 57.1 Å². The highest BCUT2D eigenvalue weighted by Gasteiger charge is 2.13. The van der Waals surface area contributed by atoms with Crippen LogP contribution in [0.1, 0.15) is 18.4 Å². The summed E-state index contributed by atoms with van der Waals surface area (Å²) < 4.78 is 5.19. The average molecular weight is 245 g/mol. The Labute approximate surface area is 108 Å². The molecule has 1 heterocycles. The van der Waals surface area contributed by atoms with Crippen LogP contribution in [0, 0.1) is 17.2 Å². The van der Waals surface area contributed by atoms with Crippen molar-refractivity contribution in [3.05, 3.63) is 23.8 Å². The Balaban J connectivity index is 2.00. The second-order valence-electron chi connectivity index (χ2n) is 4.60. The van der Waals surface area contributed by atoms with Gasteiger partial charge in [0.2, 0.25) is 0 Å². The number of nitrogens with one attached hydrogen (secondary N) is 2. The first-order valence-electron chi connectivity index (χ1n) is 6.36. The van der Waals surface area contributed by atoms with Gasteiger partial charge >= 0.3 is 0 Å². The zero-order valence-electron chi connectivity index (χ0n) is 10.7. The Morgan fingerprint density at radius 2 is 2.22 bits per heavy atom. The Hall–Kier alpha value is -1.73. The number of nitrogens with zero attached hydrogens (tertiary/aromatic N) is 1. The predicted molar refractivity (Wildman–Crippen MR) is 71.8 cm³/mol. The fourth-order valence-corrected chi connectivity index (χ4v) is 2.23. The first-order chi connectivity index (χ1) is 8.83. The molecule has 0 radical (unpaired) electrons. The monoisotopic (exact) mass is 245 g/mol. The van der Waals surface area contributed by atoms with Gasteiger partial charge in [0.25, 0.3) is 0 Å². The summed E-state index contributed by atoms with van der Waals surface area (Å²) in [5, 5.41) is 15.8. The van der Waals surface area contributed by atoms with E-state index >= 15 is 0 Å². The lowest BCUT2D eigenvalue weighted by Gasteiger charge is -2.23. The molecule has 1 aromatic rings. The van der Waals surface area contributed by atoms with Crippen LogP contribution in [-0.2, 0) is 0 Å². The summed E-state index contributed by atoms with van der Waals surface area (Å²) in [7, 11) is 1.64. The molecule has 0 bridgehead atoms. The van der Waals surface area contributed by atoms with Gasteiger partial charge < -0.3 is 15.4 Å². The maximum Gasteiger partial charge on any atom is 0.121 e. The molecule has 1 saturated heterocycles. The molecule has 1 aromatic carbocycles. The molecule has 0 saturated carbocycles. The minimum atomic E-state index is 0.671. The van der Waals surface area contributed by atoms with Crippen LogP contribution in [0.5, 0.6) is 5.75 Å². The van der Waals surface area contributed by atoms with E-state index in [1.807, 2.05) is 12.1 Å². The molecule has 0 aromatic heterocycles. The zero-order valence-corrected chi connectivity index (χ0v) is 10.7. The number of nitriles is 1. The molecule has 18 heavy (non-hydrogen) atoms. The normalized spacial score (nSPS) is 16.0. The SMILES string of the molecule is COc1ccc(C#N)c(NCC2CCNCC2)c1. The molecule has 1 aliphatic rings. The highest BCUT2D eigenvalue weighted by atomic mass is 16.5. The Bertz CT molecular complexity index is 433. The van der Waals surface area contributed by atoms with Gasteiger partial charge in [-0.25, -0.2) is 0 Å². The van der Waals surface area contributed by atoms with Crippen molar-refractivity contribution in [2.75, 3.05) is 32.1 Å². The van der Waals surface area contributed by atoms with Crippen molar-refractivity contribution in [3.8, 4) is 11.8 Å². The fourth-order valence-electron chi connectivity index (χ4n) is 2.23. The lowest BCUT2D eigenvalue weighted by molar-refractivity contribution is 0.389. The van der Waals surface area contributed by atoms with Crippen molar-refractivity contribution < 1.29 is 4.74 Å². The van der Waals surface area contributed by atoms with Gasteiger partial charge in [0.05, 0.1) is 18.4 Å². The minimum Gasteiger partial charge on any atom is -0.497 e. The Morgan fingerprint density at radius 1 is 1.44 bits per heavy atom. The molecular weight excluding hydrogens is 226 g/mol. The van der Waals surface area contributed by atoms with Crippen LogP contribution in [0.2, 0.25) is 0 Å². The Morgan fingerprint density at radius 3 is 2.89 bits per heavy atom. The molecule has 96 valence electrons. The van der Waals surface area contributed by atoms with Crippen LogP contribution in [0.15, 0.2) is 18.2 Å². The molecule has 4 nitrogen and oxygen atoms in total. The number of piperidine rings is 1. The van der Waals surface area contributed by atoms with Gasteiger partial charge in [0, 0.05) is 12.6 Å². The average Bonchev–Trinajstić information content (AvgIpc) is 2.45. The van der Waals surface area contributed by atoms with E-state index in [-0.39, 0.29) is 0 Å². The fraction of sp³-hybridized carbons (Fsp3) is 0.500. The van der Waals surface area contributed by atoms with Crippen molar-refractivity contribution in [1.82, 2.24) is 5.32 Å². The van der Waals surface area contributed by atoms with Crippen molar-refractivity contribution in [2.24, 2.45) is 5.92 Å². The molecule has 2 N–H and O–H groups in total. The second kappa shape index (κ2) is 6.27. The van der Waals surface area contributed by atoms with E-state index in [2.05, 4.69) is 16.7 Å². The molecule has 0 amide bonds. The van der Waals surface area contributed by atoms with E-state index in [1.165, 1.54) is 12.8 Å². The lowest BCUT2D eigenvalue weighted by atomic mass is 9.98. The summed E-state index contributed by atoms with van der Waals surface area (Å²) in [4.78, 5) is 0.